The maximum atomic E-state index is 12.2. The van der Waals surface area contributed by atoms with Gasteiger partial charge < -0.3 is 15.0 Å². The van der Waals surface area contributed by atoms with E-state index < -0.39 is 0 Å². The number of amides is 2. The summed E-state index contributed by atoms with van der Waals surface area (Å²) in [7, 11) is 0. The van der Waals surface area contributed by atoms with Crippen molar-refractivity contribution in [1.82, 2.24) is 10.2 Å². The summed E-state index contributed by atoms with van der Waals surface area (Å²) < 4.78 is 4.82. The average molecular weight is 367 g/mol. The number of halogens is 1. The van der Waals surface area contributed by atoms with Crippen LogP contribution in [0.25, 0.3) is 0 Å². The SMILES string of the molecule is CCOC(=O)CCC(=O)N1CCC(NC(=O)c2cccc(Cl)c2)CC1. The van der Waals surface area contributed by atoms with Crippen molar-refractivity contribution in [2.24, 2.45) is 0 Å². The van der Waals surface area contributed by atoms with Gasteiger partial charge in [0.1, 0.15) is 0 Å². The van der Waals surface area contributed by atoms with E-state index in [0.717, 1.165) is 0 Å². The predicted octanol–water partition coefficient (Wildman–Crippen LogP) is 2.40. The second kappa shape index (κ2) is 9.42. The normalized spacial score (nSPS) is 14.9. The van der Waals surface area contributed by atoms with Gasteiger partial charge >= 0.3 is 5.97 Å². The van der Waals surface area contributed by atoms with Gasteiger partial charge in [0.25, 0.3) is 5.91 Å². The summed E-state index contributed by atoms with van der Waals surface area (Å²) in [6.07, 6.45) is 1.66. The number of benzene rings is 1. The van der Waals surface area contributed by atoms with Crippen molar-refractivity contribution < 1.29 is 19.1 Å². The number of likely N-dealkylation sites (tertiary alicyclic amines) is 1. The highest BCUT2D eigenvalue weighted by Crippen LogP contribution is 2.15. The van der Waals surface area contributed by atoms with Crippen molar-refractivity contribution >= 4 is 29.4 Å². The first-order valence-corrected chi connectivity index (χ1v) is 8.87. The summed E-state index contributed by atoms with van der Waals surface area (Å²) in [5.74, 6) is -0.554. The predicted molar refractivity (Wildman–Crippen MR) is 94.4 cm³/mol. The molecule has 0 aliphatic carbocycles. The zero-order valence-electron chi connectivity index (χ0n) is 14.3. The third-order valence-electron chi connectivity index (χ3n) is 4.12. The lowest BCUT2D eigenvalue weighted by molar-refractivity contribution is -0.145. The van der Waals surface area contributed by atoms with E-state index in [-0.39, 0.29) is 36.7 Å². The van der Waals surface area contributed by atoms with Gasteiger partial charge in [-0.3, -0.25) is 14.4 Å². The van der Waals surface area contributed by atoms with Gasteiger partial charge in [0.15, 0.2) is 0 Å². The number of piperidine rings is 1. The van der Waals surface area contributed by atoms with Gasteiger partial charge in [-0.05, 0) is 38.0 Å². The molecule has 1 aliphatic rings. The van der Waals surface area contributed by atoms with Crippen molar-refractivity contribution in [3.63, 3.8) is 0 Å². The Kier molecular flexibility index (Phi) is 7.25. The highest BCUT2D eigenvalue weighted by molar-refractivity contribution is 6.30. The van der Waals surface area contributed by atoms with Crippen LogP contribution in [0.5, 0.6) is 0 Å². The summed E-state index contributed by atoms with van der Waals surface area (Å²) in [6.45, 7) is 3.21. The molecule has 1 heterocycles. The lowest BCUT2D eigenvalue weighted by atomic mass is 10.0. The minimum absolute atomic E-state index is 0.0283. The van der Waals surface area contributed by atoms with E-state index in [1.165, 1.54) is 0 Å². The third-order valence-corrected chi connectivity index (χ3v) is 4.35. The molecule has 0 atom stereocenters. The molecule has 25 heavy (non-hydrogen) atoms. The molecule has 1 aromatic carbocycles. The summed E-state index contributed by atoms with van der Waals surface area (Å²) in [5.41, 5.74) is 0.528. The highest BCUT2D eigenvalue weighted by Gasteiger charge is 2.24. The summed E-state index contributed by atoms with van der Waals surface area (Å²) in [4.78, 5) is 37.4. The fourth-order valence-corrected chi connectivity index (χ4v) is 2.96. The molecular weight excluding hydrogens is 344 g/mol. The van der Waals surface area contributed by atoms with Crippen molar-refractivity contribution in [2.45, 2.75) is 38.6 Å². The first-order chi connectivity index (χ1) is 12.0. The number of nitrogens with zero attached hydrogens (tertiary/aromatic N) is 1. The molecule has 1 aliphatic heterocycles. The maximum absolute atomic E-state index is 12.2. The number of nitrogens with one attached hydrogen (secondary N) is 1. The van der Waals surface area contributed by atoms with Crippen LogP contribution in [0.3, 0.4) is 0 Å². The van der Waals surface area contributed by atoms with Crippen LogP contribution >= 0.6 is 11.6 Å². The minimum atomic E-state index is -0.348. The average Bonchev–Trinajstić information content (AvgIpc) is 2.60. The molecule has 0 aromatic heterocycles. The Morgan fingerprint density at radius 2 is 1.96 bits per heavy atom. The zero-order chi connectivity index (χ0) is 18.2. The monoisotopic (exact) mass is 366 g/mol. The number of hydrogen-bond donors (Lipinski definition) is 1. The van der Waals surface area contributed by atoms with E-state index in [4.69, 9.17) is 16.3 Å². The van der Waals surface area contributed by atoms with E-state index in [2.05, 4.69) is 5.32 Å². The minimum Gasteiger partial charge on any atom is -0.466 e. The Morgan fingerprint density at radius 1 is 1.24 bits per heavy atom. The fraction of sp³-hybridized carbons (Fsp3) is 0.500. The largest absolute Gasteiger partial charge is 0.466 e. The van der Waals surface area contributed by atoms with Crippen LogP contribution in [0.4, 0.5) is 0 Å². The molecule has 0 bridgehead atoms. The molecule has 0 unspecified atom stereocenters. The number of carbonyl (C=O) groups excluding carboxylic acids is 3. The van der Waals surface area contributed by atoms with Crippen LogP contribution in [0.1, 0.15) is 43.0 Å². The first kappa shape index (κ1) is 19.2. The number of esters is 1. The molecule has 7 heteroatoms. The zero-order valence-corrected chi connectivity index (χ0v) is 15.1. The summed E-state index contributed by atoms with van der Waals surface area (Å²) in [6, 6.07) is 6.83. The first-order valence-electron chi connectivity index (χ1n) is 8.49. The standard InChI is InChI=1S/C18H23ClN2O4/c1-2-25-17(23)7-6-16(22)21-10-8-15(9-11-21)20-18(24)13-4-3-5-14(19)12-13/h3-5,12,15H,2,6-11H2,1H3,(H,20,24). The number of carbonyl (C=O) groups is 3. The van der Waals surface area contributed by atoms with E-state index in [0.29, 0.717) is 43.1 Å². The third kappa shape index (κ3) is 6.05. The van der Waals surface area contributed by atoms with Gasteiger partial charge in [0.05, 0.1) is 13.0 Å². The van der Waals surface area contributed by atoms with Crippen LogP contribution in [0.15, 0.2) is 24.3 Å². The number of hydrogen-bond acceptors (Lipinski definition) is 4. The van der Waals surface area contributed by atoms with Crippen molar-refractivity contribution in [3.8, 4) is 0 Å². The quantitative estimate of drug-likeness (QED) is 0.784. The Hall–Kier alpha value is -2.08. The van der Waals surface area contributed by atoms with Gasteiger partial charge in [-0.15, -0.1) is 0 Å². The topological polar surface area (TPSA) is 75.7 Å². The van der Waals surface area contributed by atoms with Gasteiger partial charge in [-0.25, -0.2) is 0 Å². The molecular formula is C18H23ClN2O4. The van der Waals surface area contributed by atoms with Gasteiger partial charge in [-0.2, -0.15) is 0 Å². The molecule has 0 spiro atoms. The second-order valence-electron chi connectivity index (χ2n) is 5.94. The van der Waals surface area contributed by atoms with Gasteiger partial charge in [0.2, 0.25) is 5.91 Å². The van der Waals surface area contributed by atoms with Gasteiger partial charge in [0, 0.05) is 36.1 Å². The van der Waals surface area contributed by atoms with Crippen LogP contribution in [-0.2, 0) is 14.3 Å². The molecule has 1 aromatic rings. The lowest BCUT2D eigenvalue weighted by Crippen LogP contribution is -2.46. The van der Waals surface area contributed by atoms with E-state index >= 15 is 0 Å². The van der Waals surface area contributed by atoms with Crippen molar-refractivity contribution in [2.75, 3.05) is 19.7 Å². The lowest BCUT2D eigenvalue weighted by Gasteiger charge is -2.32. The Bertz CT molecular complexity index is 627. The van der Waals surface area contributed by atoms with E-state index in [1.807, 2.05) is 0 Å². The number of ether oxygens (including phenoxy) is 1. The second-order valence-corrected chi connectivity index (χ2v) is 6.38. The highest BCUT2D eigenvalue weighted by atomic mass is 35.5. The maximum Gasteiger partial charge on any atom is 0.306 e. The molecule has 1 saturated heterocycles. The molecule has 0 saturated carbocycles. The molecule has 2 rings (SSSR count). The molecule has 6 nitrogen and oxygen atoms in total. The fourth-order valence-electron chi connectivity index (χ4n) is 2.77. The smallest absolute Gasteiger partial charge is 0.306 e. The summed E-state index contributed by atoms with van der Waals surface area (Å²) >= 11 is 5.90. The molecule has 2 amide bonds. The van der Waals surface area contributed by atoms with Crippen molar-refractivity contribution in [1.29, 1.82) is 0 Å². The van der Waals surface area contributed by atoms with Crippen LogP contribution in [0, 0.1) is 0 Å². The Balaban J connectivity index is 1.74. The molecule has 1 fully saturated rings. The van der Waals surface area contributed by atoms with E-state index in [1.54, 1.807) is 36.1 Å². The Labute approximate surface area is 152 Å². The molecule has 136 valence electrons. The number of rotatable bonds is 6. The van der Waals surface area contributed by atoms with E-state index in [9.17, 15) is 14.4 Å². The summed E-state index contributed by atoms with van der Waals surface area (Å²) in [5, 5.41) is 3.50. The van der Waals surface area contributed by atoms with Crippen LogP contribution < -0.4 is 5.32 Å². The van der Waals surface area contributed by atoms with Crippen LogP contribution in [-0.4, -0.2) is 48.4 Å². The van der Waals surface area contributed by atoms with Crippen molar-refractivity contribution in [3.05, 3.63) is 34.9 Å². The Morgan fingerprint density at radius 3 is 2.60 bits per heavy atom. The molecule has 1 N–H and O–H groups in total. The van der Waals surface area contributed by atoms with Crippen LogP contribution in [0.2, 0.25) is 5.02 Å². The van der Waals surface area contributed by atoms with Gasteiger partial charge in [-0.1, -0.05) is 17.7 Å². The molecule has 0 radical (unpaired) electrons.